The standard InChI is InChI=1S/C24H31N3O5S/c1-3-23(28)26-19-9-11-20(12-10-19)33(30,31)27-15-13-18-7-4-5-8-21(18)22(27)17-24(29)25-14-6-16-32-2/h4-5,7-12,22H,3,6,13-17H2,1-2H3,(H,25,29)(H,26,28)/t22-/m1/s1. The van der Waals surface area contributed by atoms with E-state index in [1.807, 2.05) is 24.3 Å². The predicted octanol–water partition coefficient (Wildman–Crippen LogP) is 2.87. The Balaban J connectivity index is 1.84. The van der Waals surface area contributed by atoms with Crippen molar-refractivity contribution in [3.63, 3.8) is 0 Å². The van der Waals surface area contributed by atoms with Crippen LogP contribution in [0.1, 0.15) is 43.4 Å². The molecule has 0 radical (unpaired) electrons. The minimum absolute atomic E-state index is 0.0356. The Morgan fingerprint density at radius 3 is 2.52 bits per heavy atom. The summed E-state index contributed by atoms with van der Waals surface area (Å²) >= 11 is 0. The van der Waals surface area contributed by atoms with Crippen LogP contribution in [0.25, 0.3) is 0 Å². The maximum absolute atomic E-state index is 13.6. The van der Waals surface area contributed by atoms with Crippen LogP contribution in [0.2, 0.25) is 0 Å². The van der Waals surface area contributed by atoms with E-state index in [9.17, 15) is 18.0 Å². The molecule has 1 heterocycles. The molecular weight excluding hydrogens is 442 g/mol. The van der Waals surface area contributed by atoms with Gasteiger partial charge in [0.2, 0.25) is 21.8 Å². The SMILES string of the molecule is CCC(=O)Nc1ccc(S(=O)(=O)N2CCc3ccccc3[C@H]2CC(=O)NCCCOC)cc1. The summed E-state index contributed by atoms with van der Waals surface area (Å²) in [4.78, 5) is 24.4. The fourth-order valence-electron chi connectivity index (χ4n) is 3.92. The van der Waals surface area contributed by atoms with E-state index in [1.165, 1.54) is 16.4 Å². The second-order valence-electron chi connectivity index (χ2n) is 7.91. The normalized spacial score (nSPS) is 16.1. The molecule has 0 unspecified atom stereocenters. The minimum Gasteiger partial charge on any atom is -0.385 e. The van der Waals surface area contributed by atoms with Crippen molar-refractivity contribution in [3.05, 3.63) is 59.7 Å². The van der Waals surface area contributed by atoms with Crippen LogP contribution >= 0.6 is 0 Å². The fraction of sp³-hybridized carbons (Fsp3) is 0.417. The lowest BCUT2D eigenvalue weighted by atomic mass is 9.92. The zero-order valence-electron chi connectivity index (χ0n) is 19.0. The lowest BCUT2D eigenvalue weighted by Gasteiger charge is -2.36. The number of sulfonamides is 1. The third-order valence-corrected chi connectivity index (χ3v) is 7.58. The number of hydrogen-bond donors (Lipinski definition) is 2. The molecule has 0 aliphatic carbocycles. The third-order valence-electron chi connectivity index (χ3n) is 5.66. The van der Waals surface area contributed by atoms with Gasteiger partial charge in [-0.3, -0.25) is 9.59 Å². The monoisotopic (exact) mass is 473 g/mol. The molecule has 2 amide bonds. The number of carbonyl (C=O) groups excluding carboxylic acids is 2. The van der Waals surface area contributed by atoms with Crippen molar-refractivity contribution in [1.82, 2.24) is 9.62 Å². The van der Waals surface area contributed by atoms with Gasteiger partial charge in [0.25, 0.3) is 0 Å². The van der Waals surface area contributed by atoms with Gasteiger partial charge in [0.05, 0.1) is 10.9 Å². The molecule has 0 saturated heterocycles. The van der Waals surface area contributed by atoms with Crippen LogP contribution < -0.4 is 10.6 Å². The first-order chi connectivity index (χ1) is 15.9. The largest absolute Gasteiger partial charge is 0.385 e. The van der Waals surface area contributed by atoms with E-state index in [0.717, 1.165) is 11.1 Å². The van der Waals surface area contributed by atoms with Gasteiger partial charge in [-0.1, -0.05) is 31.2 Å². The highest BCUT2D eigenvalue weighted by molar-refractivity contribution is 7.89. The number of benzene rings is 2. The molecule has 0 aromatic heterocycles. The highest BCUT2D eigenvalue weighted by Gasteiger charge is 2.37. The Labute approximate surface area is 195 Å². The van der Waals surface area contributed by atoms with E-state index in [1.54, 1.807) is 26.2 Å². The quantitative estimate of drug-likeness (QED) is 0.517. The summed E-state index contributed by atoms with van der Waals surface area (Å²) in [7, 11) is -2.25. The molecule has 3 rings (SSSR count). The first kappa shape index (κ1) is 24.9. The zero-order chi connectivity index (χ0) is 23.8. The van der Waals surface area contributed by atoms with Crippen LogP contribution in [-0.4, -0.2) is 51.3 Å². The lowest BCUT2D eigenvalue weighted by molar-refractivity contribution is -0.122. The van der Waals surface area contributed by atoms with Crippen molar-refractivity contribution < 1.29 is 22.7 Å². The van der Waals surface area contributed by atoms with Gasteiger partial charge in [-0.05, 0) is 48.2 Å². The fourth-order valence-corrected chi connectivity index (χ4v) is 5.52. The number of carbonyl (C=O) groups is 2. The maximum Gasteiger partial charge on any atom is 0.243 e. The van der Waals surface area contributed by atoms with E-state index >= 15 is 0 Å². The molecule has 0 saturated carbocycles. The van der Waals surface area contributed by atoms with Gasteiger partial charge < -0.3 is 15.4 Å². The second-order valence-corrected chi connectivity index (χ2v) is 9.80. The molecule has 0 bridgehead atoms. The van der Waals surface area contributed by atoms with Crippen molar-refractivity contribution in [2.24, 2.45) is 0 Å². The molecule has 8 nitrogen and oxygen atoms in total. The molecule has 178 valence electrons. The van der Waals surface area contributed by atoms with Crippen molar-refractivity contribution in [3.8, 4) is 0 Å². The van der Waals surface area contributed by atoms with E-state index in [-0.39, 0.29) is 29.7 Å². The number of ether oxygens (including phenoxy) is 1. The van der Waals surface area contributed by atoms with Gasteiger partial charge in [0, 0.05) is 45.3 Å². The van der Waals surface area contributed by atoms with Gasteiger partial charge in [0.1, 0.15) is 0 Å². The summed E-state index contributed by atoms with van der Waals surface area (Å²) in [6, 6.07) is 13.2. The van der Waals surface area contributed by atoms with Crippen molar-refractivity contribution in [2.75, 3.05) is 32.1 Å². The number of anilines is 1. The van der Waals surface area contributed by atoms with Gasteiger partial charge in [0.15, 0.2) is 0 Å². The summed E-state index contributed by atoms with van der Waals surface area (Å²) in [6.45, 7) is 3.05. The molecule has 9 heteroatoms. The van der Waals surface area contributed by atoms with Crippen molar-refractivity contribution >= 4 is 27.5 Å². The molecule has 0 spiro atoms. The number of amides is 2. The second kappa shape index (κ2) is 11.4. The Morgan fingerprint density at radius 2 is 1.82 bits per heavy atom. The molecule has 33 heavy (non-hydrogen) atoms. The molecule has 1 aliphatic rings. The Bertz CT molecular complexity index is 1070. The Morgan fingerprint density at radius 1 is 1.09 bits per heavy atom. The van der Waals surface area contributed by atoms with Crippen molar-refractivity contribution in [1.29, 1.82) is 0 Å². The maximum atomic E-state index is 13.6. The van der Waals surface area contributed by atoms with Crippen LogP contribution in [0.3, 0.4) is 0 Å². The topological polar surface area (TPSA) is 105 Å². The van der Waals surface area contributed by atoms with E-state index < -0.39 is 16.1 Å². The average molecular weight is 474 g/mol. The van der Waals surface area contributed by atoms with E-state index in [4.69, 9.17) is 4.74 Å². The summed E-state index contributed by atoms with van der Waals surface area (Å²) in [5.41, 5.74) is 2.45. The molecule has 2 aromatic rings. The van der Waals surface area contributed by atoms with Crippen LogP contribution in [0.5, 0.6) is 0 Å². The molecular formula is C24H31N3O5S. The number of methoxy groups -OCH3 is 1. The van der Waals surface area contributed by atoms with Crippen LogP contribution in [0, 0.1) is 0 Å². The van der Waals surface area contributed by atoms with Crippen LogP contribution in [-0.2, 0) is 30.8 Å². The van der Waals surface area contributed by atoms with Gasteiger partial charge >= 0.3 is 0 Å². The molecule has 1 aliphatic heterocycles. The number of nitrogens with zero attached hydrogens (tertiary/aromatic N) is 1. The summed E-state index contributed by atoms with van der Waals surface area (Å²) in [6.07, 6.45) is 1.63. The predicted molar refractivity (Wildman–Crippen MR) is 126 cm³/mol. The first-order valence-corrected chi connectivity index (χ1v) is 12.6. The Hall–Kier alpha value is -2.75. The zero-order valence-corrected chi connectivity index (χ0v) is 19.9. The van der Waals surface area contributed by atoms with Gasteiger partial charge in [-0.2, -0.15) is 4.31 Å². The smallest absolute Gasteiger partial charge is 0.243 e. The van der Waals surface area contributed by atoms with Gasteiger partial charge in [-0.25, -0.2) is 8.42 Å². The average Bonchev–Trinajstić information content (AvgIpc) is 2.82. The number of nitrogens with one attached hydrogen (secondary N) is 2. The van der Waals surface area contributed by atoms with Crippen LogP contribution in [0.15, 0.2) is 53.4 Å². The highest BCUT2D eigenvalue weighted by atomic mass is 32.2. The van der Waals surface area contributed by atoms with Crippen LogP contribution in [0.4, 0.5) is 5.69 Å². The molecule has 0 fully saturated rings. The third kappa shape index (κ3) is 6.19. The molecule has 1 atom stereocenters. The highest BCUT2D eigenvalue weighted by Crippen LogP contribution is 2.36. The number of rotatable bonds is 10. The summed E-state index contributed by atoms with van der Waals surface area (Å²) < 4.78 is 33.6. The summed E-state index contributed by atoms with van der Waals surface area (Å²) in [5.74, 6) is -0.347. The minimum atomic E-state index is -3.86. The van der Waals surface area contributed by atoms with Gasteiger partial charge in [-0.15, -0.1) is 0 Å². The van der Waals surface area contributed by atoms with Crippen molar-refractivity contribution in [2.45, 2.75) is 43.5 Å². The molecule has 2 aromatic carbocycles. The Kier molecular flexibility index (Phi) is 8.60. The lowest BCUT2D eigenvalue weighted by Crippen LogP contribution is -2.42. The summed E-state index contributed by atoms with van der Waals surface area (Å²) in [5, 5.41) is 5.57. The first-order valence-electron chi connectivity index (χ1n) is 11.1. The number of hydrogen-bond acceptors (Lipinski definition) is 5. The van der Waals surface area contributed by atoms with E-state index in [0.29, 0.717) is 38.1 Å². The van der Waals surface area contributed by atoms with E-state index in [2.05, 4.69) is 10.6 Å². The number of fused-ring (bicyclic) bond motifs is 1. The molecule has 2 N–H and O–H groups in total.